The number of anilines is 1. The van der Waals surface area contributed by atoms with Gasteiger partial charge in [-0.3, -0.25) is 4.79 Å². The Morgan fingerprint density at radius 3 is 2.59 bits per heavy atom. The fourth-order valence-electron chi connectivity index (χ4n) is 3.04. The van der Waals surface area contributed by atoms with E-state index in [0.717, 1.165) is 22.2 Å². The van der Waals surface area contributed by atoms with Crippen molar-refractivity contribution in [3.05, 3.63) is 101 Å². The van der Waals surface area contributed by atoms with Crippen molar-refractivity contribution in [2.45, 2.75) is 6.54 Å². The van der Waals surface area contributed by atoms with Crippen LogP contribution in [0.3, 0.4) is 0 Å². The van der Waals surface area contributed by atoms with Crippen LogP contribution in [0.15, 0.2) is 79.0 Å². The number of carbonyl (C=O) groups excluding carboxylic acids is 1. The molecule has 3 aromatic carbocycles. The average Bonchev–Trinajstić information content (AvgIpc) is 3.07. The number of benzene rings is 3. The second-order valence-corrected chi connectivity index (χ2v) is 6.69. The van der Waals surface area contributed by atoms with Crippen molar-refractivity contribution in [2.75, 3.05) is 5.32 Å². The van der Waals surface area contributed by atoms with Crippen LogP contribution in [0.2, 0.25) is 5.02 Å². The number of para-hydroxylation sites is 1. The van der Waals surface area contributed by atoms with Gasteiger partial charge in [-0.1, -0.05) is 35.9 Å². The smallest absolute Gasteiger partial charge is 0.255 e. The first kappa shape index (κ1) is 17.3. The molecule has 0 spiro atoms. The molecule has 0 aliphatic heterocycles. The minimum atomic E-state index is -0.425. The van der Waals surface area contributed by atoms with Crippen LogP contribution in [0.25, 0.3) is 10.9 Å². The molecule has 1 N–H and O–H groups in total. The first-order valence-corrected chi connectivity index (χ1v) is 8.87. The summed E-state index contributed by atoms with van der Waals surface area (Å²) >= 11 is 5.74. The highest BCUT2D eigenvalue weighted by Gasteiger charge is 2.10. The fraction of sp³-hybridized carbons (Fsp3) is 0.0455. The lowest BCUT2D eigenvalue weighted by Crippen LogP contribution is -2.11. The number of rotatable bonds is 4. The molecule has 0 saturated heterocycles. The van der Waals surface area contributed by atoms with Crippen molar-refractivity contribution in [3.63, 3.8) is 0 Å². The van der Waals surface area contributed by atoms with E-state index in [0.29, 0.717) is 12.1 Å². The van der Waals surface area contributed by atoms with Gasteiger partial charge in [0.1, 0.15) is 5.82 Å². The SMILES string of the molecule is O=C(Nc1ccccc1)c1ccc2c(ccn2Cc2ccc(Cl)c(F)c2)c1. The third kappa shape index (κ3) is 3.71. The van der Waals surface area contributed by atoms with E-state index in [1.54, 1.807) is 18.2 Å². The molecular formula is C22H16ClFN2O. The molecule has 0 fully saturated rings. The van der Waals surface area contributed by atoms with Crippen LogP contribution in [-0.4, -0.2) is 10.5 Å². The molecule has 134 valence electrons. The van der Waals surface area contributed by atoms with E-state index in [1.165, 1.54) is 6.07 Å². The summed E-state index contributed by atoms with van der Waals surface area (Å²) in [6, 6.07) is 21.6. The highest BCUT2D eigenvalue weighted by molar-refractivity contribution is 6.30. The standard InChI is InChI=1S/C22H16ClFN2O/c23-19-8-6-15(12-20(19)24)14-26-11-10-16-13-17(7-9-21(16)26)22(27)25-18-4-2-1-3-5-18/h1-13H,14H2,(H,25,27). The van der Waals surface area contributed by atoms with Crippen molar-refractivity contribution < 1.29 is 9.18 Å². The lowest BCUT2D eigenvalue weighted by atomic mass is 10.1. The lowest BCUT2D eigenvalue weighted by Gasteiger charge is -2.08. The summed E-state index contributed by atoms with van der Waals surface area (Å²) in [6.45, 7) is 0.521. The summed E-state index contributed by atoms with van der Waals surface area (Å²) in [5, 5.41) is 3.95. The monoisotopic (exact) mass is 378 g/mol. The molecule has 0 bridgehead atoms. The minimum Gasteiger partial charge on any atom is -0.343 e. The largest absolute Gasteiger partial charge is 0.343 e. The van der Waals surface area contributed by atoms with Crippen LogP contribution in [0.4, 0.5) is 10.1 Å². The zero-order valence-electron chi connectivity index (χ0n) is 14.3. The maximum atomic E-state index is 13.7. The average molecular weight is 379 g/mol. The van der Waals surface area contributed by atoms with Crippen LogP contribution in [0.1, 0.15) is 15.9 Å². The lowest BCUT2D eigenvalue weighted by molar-refractivity contribution is 0.102. The van der Waals surface area contributed by atoms with Gasteiger partial charge in [-0.2, -0.15) is 0 Å². The minimum absolute atomic E-state index is 0.116. The van der Waals surface area contributed by atoms with Crippen LogP contribution >= 0.6 is 11.6 Å². The molecule has 0 aliphatic rings. The molecule has 5 heteroatoms. The number of nitrogens with one attached hydrogen (secondary N) is 1. The topological polar surface area (TPSA) is 34.0 Å². The molecule has 3 nitrogen and oxygen atoms in total. The number of amides is 1. The second-order valence-electron chi connectivity index (χ2n) is 6.29. The van der Waals surface area contributed by atoms with Gasteiger partial charge in [0.25, 0.3) is 5.91 Å². The number of halogens is 2. The van der Waals surface area contributed by atoms with Crippen LogP contribution in [0.5, 0.6) is 0 Å². The Kier molecular flexibility index (Phi) is 4.65. The molecule has 1 heterocycles. The van der Waals surface area contributed by atoms with Gasteiger partial charge in [0.05, 0.1) is 5.02 Å². The van der Waals surface area contributed by atoms with E-state index in [2.05, 4.69) is 5.32 Å². The highest BCUT2D eigenvalue weighted by atomic mass is 35.5. The van der Waals surface area contributed by atoms with Gasteiger partial charge in [0, 0.05) is 34.9 Å². The highest BCUT2D eigenvalue weighted by Crippen LogP contribution is 2.22. The van der Waals surface area contributed by atoms with Gasteiger partial charge in [-0.05, 0) is 54.1 Å². The summed E-state index contributed by atoms with van der Waals surface area (Å²) in [5.41, 5.74) is 3.13. The maximum absolute atomic E-state index is 13.7. The molecule has 0 unspecified atom stereocenters. The van der Waals surface area contributed by atoms with E-state index in [4.69, 9.17) is 11.6 Å². The molecule has 27 heavy (non-hydrogen) atoms. The summed E-state index contributed by atoms with van der Waals surface area (Å²) in [6.07, 6.45) is 1.93. The van der Waals surface area contributed by atoms with Gasteiger partial charge in [-0.15, -0.1) is 0 Å². The van der Waals surface area contributed by atoms with Gasteiger partial charge in [-0.25, -0.2) is 4.39 Å². The van der Waals surface area contributed by atoms with Crippen LogP contribution in [-0.2, 0) is 6.54 Å². The third-order valence-corrected chi connectivity index (χ3v) is 4.71. The summed E-state index contributed by atoms with van der Waals surface area (Å²) in [7, 11) is 0. The van der Waals surface area contributed by atoms with Crippen LogP contribution in [0, 0.1) is 5.82 Å². The number of hydrogen-bond donors (Lipinski definition) is 1. The van der Waals surface area contributed by atoms with Crippen LogP contribution < -0.4 is 5.32 Å². The first-order chi connectivity index (χ1) is 13.1. The Labute approximate surface area is 161 Å². The van der Waals surface area contributed by atoms with Crippen molar-refractivity contribution >= 4 is 34.1 Å². The molecular weight excluding hydrogens is 363 g/mol. The number of aromatic nitrogens is 1. The summed E-state index contributed by atoms with van der Waals surface area (Å²) < 4.78 is 15.7. The van der Waals surface area contributed by atoms with Gasteiger partial charge >= 0.3 is 0 Å². The zero-order valence-corrected chi connectivity index (χ0v) is 15.1. The first-order valence-electron chi connectivity index (χ1n) is 8.49. The fourth-order valence-corrected chi connectivity index (χ4v) is 3.16. The zero-order chi connectivity index (χ0) is 18.8. The summed E-state index contributed by atoms with van der Waals surface area (Å²) in [4.78, 5) is 12.5. The molecule has 4 aromatic rings. The molecule has 1 aromatic heterocycles. The van der Waals surface area contributed by atoms with E-state index < -0.39 is 5.82 Å². The molecule has 0 aliphatic carbocycles. The predicted octanol–water partition coefficient (Wildman–Crippen LogP) is 5.73. The van der Waals surface area contributed by atoms with E-state index in [1.807, 2.05) is 59.3 Å². The normalized spacial score (nSPS) is 10.9. The Morgan fingerprint density at radius 2 is 1.81 bits per heavy atom. The van der Waals surface area contributed by atoms with Gasteiger partial charge in [0.2, 0.25) is 0 Å². The van der Waals surface area contributed by atoms with Crippen molar-refractivity contribution in [1.82, 2.24) is 4.57 Å². The van der Waals surface area contributed by atoms with Crippen molar-refractivity contribution in [1.29, 1.82) is 0 Å². The van der Waals surface area contributed by atoms with Crippen molar-refractivity contribution in [3.8, 4) is 0 Å². The van der Waals surface area contributed by atoms with Gasteiger partial charge < -0.3 is 9.88 Å². The number of hydrogen-bond acceptors (Lipinski definition) is 1. The summed E-state index contributed by atoms with van der Waals surface area (Å²) in [5.74, 6) is -0.582. The Morgan fingerprint density at radius 1 is 1.00 bits per heavy atom. The quantitative estimate of drug-likeness (QED) is 0.483. The van der Waals surface area contributed by atoms with E-state index in [9.17, 15) is 9.18 Å². The molecule has 4 rings (SSSR count). The Balaban J connectivity index is 1.57. The number of fused-ring (bicyclic) bond motifs is 1. The van der Waals surface area contributed by atoms with E-state index >= 15 is 0 Å². The Bertz CT molecular complexity index is 1120. The predicted molar refractivity (Wildman–Crippen MR) is 107 cm³/mol. The second kappa shape index (κ2) is 7.25. The molecule has 0 atom stereocenters. The molecule has 1 amide bonds. The number of nitrogens with zero attached hydrogens (tertiary/aromatic N) is 1. The third-order valence-electron chi connectivity index (χ3n) is 4.40. The van der Waals surface area contributed by atoms with Gasteiger partial charge in [0.15, 0.2) is 0 Å². The number of carbonyl (C=O) groups is 1. The van der Waals surface area contributed by atoms with Crippen molar-refractivity contribution in [2.24, 2.45) is 0 Å². The molecule has 0 radical (unpaired) electrons. The maximum Gasteiger partial charge on any atom is 0.255 e. The molecule has 0 saturated carbocycles. The Hall–Kier alpha value is -3.11. The van der Waals surface area contributed by atoms with E-state index in [-0.39, 0.29) is 10.9 Å².